The maximum atomic E-state index is 3.36. The van der Waals surface area contributed by atoms with E-state index < -0.39 is 0 Å². The number of benzene rings is 3. The summed E-state index contributed by atoms with van der Waals surface area (Å²) in [6.07, 6.45) is 3.36. The Morgan fingerprint density at radius 2 is 1.40 bits per heavy atom. The predicted molar refractivity (Wildman–Crippen MR) is 159 cm³/mol. The van der Waals surface area contributed by atoms with Gasteiger partial charge in [0.2, 0.25) is 0 Å². The van der Waals surface area contributed by atoms with Gasteiger partial charge in [0, 0.05) is 0 Å². The number of halogens is 2. The standard InChI is InChI=1S/C20H15.C9H13.C2H6Si.2ClH.Zr/c1-14-12-17-8-4-5-9-19(17)20(14)18-11-10-15-6-2-3-7-16(15)13-18;1-6-5-7(2)9(4)8(6)3;1-3-2;;;/h2-13H,1H3;6H,1-4H3;1-2H3;2*1H;/q2*-1;;;;+2. The van der Waals surface area contributed by atoms with Crippen LogP contribution in [0.3, 0.4) is 0 Å². The van der Waals surface area contributed by atoms with Gasteiger partial charge in [0.05, 0.1) is 0 Å². The van der Waals surface area contributed by atoms with Gasteiger partial charge >= 0.3 is 41.9 Å². The van der Waals surface area contributed by atoms with Crippen LogP contribution >= 0.6 is 24.8 Å². The van der Waals surface area contributed by atoms with Crippen LogP contribution in [0.5, 0.6) is 0 Å². The molecule has 0 fully saturated rings. The van der Waals surface area contributed by atoms with E-state index >= 15 is 0 Å². The van der Waals surface area contributed by atoms with Crippen molar-refractivity contribution in [3.8, 4) is 11.1 Å². The van der Waals surface area contributed by atoms with E-state index in [1.807, 2.05) is 0 Å². The summed E-state index contributed by atoms with van der Waals surface area (Å²) in [5, 5.41) is 5.27. The average molecular weight is 599 g/mol. The molecule has 1 aliphatic rings. The number of rotatable bonds is 1. The number of hydrogen-bond donors (Lipinski definition) is 0. The topological polar surface area (TPSA) is 0 Å². The molecule has 4 aromatic carbocycles. The van der Waals surface area contributed by atoms with E-state index in [-0.39, 0.29) is 30.2 Å². The molecule has 0 saturated carbocycles. The van der Waals surface area contributed by atoms with E-state index in [1.54, 1.807) is 23.3 Å². The van der Waals surface area contributed by atoms with E-state index in [4.69, 9.17) is 0 Å². The van der Waals surface area contributed by atoms with E-state index in [2.05, 4.69) is 127 Å². The summed E-state index contributed by atoms with van der Waals surface area (Å²) < 4.78 is 0. The first-order valence-corrected chi connectivity index (χ1v) is 17.8. The maximum Gasteiger partial charge on any atom is -0.0184 e. The molecule has 0 N–H and O–H groups in total. The first-order chi connectivity index (χ1) is 15.7. The molecule has 0 aliphatic heterocycles. The van der Waals surface area contributed by atoms with Gasteiger partial charge in [0.15, 0.2) is 0 Å². The van der Waals surface area contributed by atoms with Crippen LogP contribution in [0.15, 0.2) is 89.5 Å². The minimum atomic E-state index is 0. The monoisotopic (exact) mass is 596 g/mol. The molecule has 4 aromatic rings. The Hall–Kier alpha value is -1.31. The number of allylic oxidation sites excluding steroid dienone is 4. The van der Waals surface area contributed by atoms with Crippen molar-refractivity contribution >= 4 is 51.8 Å². The van der Waals surface area contributed by atoms with Gasteiger partial charge in [-0.1, -0.05) is 87.7 Å². The fraction of sp³-hybridized carbons (Fsp3) is 0.258. The summed E-state index contributed by atoms with van der Waals surface area (Å²) in [7, 11) is 0. The Kier molecular flexibility index (Phi) is 13.1. The summed E-state index contributed by atoms with van der Waals surface area (Å²) >= 11 is 1.74. The molecule has 0 radical (unpaired) electrons. The molecule has 182 valence electrons. The number of hydrogen-bond acceptors (Lipinski definition) is 0. The van der Waals surface area contributed by atoms with E-state index in [1.165, 1.54) is 55.0 Å². The zero-order valence-corrected chi connectivity index (χ0v) is 26.9. The number of fused-ring (bicyclic) bond motifs is 2. The second kappa shape index (κ2) is 14.4. The smallest absolute Gasteiger partial charge is 0.0184 e. The fourth-order valence-corrected chi connectivity index (χ4v) is 4.26. The molecule has 0 heterocycles. The zero-order valence-electron chi connectivity index (χ0n) is 21.8. The average Bonchev–Trinajstić information content (AvgIpc) is 3.23. The van der Waals surface area contributed by atoms with Crippen molar-refractivity contribution in [1.82, 2.24) is 0 Å². The Balaban J connectivity index is 0.000000346. The van der Waals surface area contributed by atoms with Crippen molar-refractivity contribution in [2.45, 2.75) is 47.7 Å². The first kappa shape index (κ1) is 31.7. The quantitative estimate of drug-likeness (QED) is 0.151. The molecule has 35 heavy (non-hydrogen) atoms. The van der Waals surface area contributed by atoms with Crippen molar-refractivity contribution in [3.63, 3.8) is 0 Å². The Labute approximate surface area is 239 Å². The minimum absolute atomic E-state index is 0. The van der Waals surface area contributed by atoms with Crippen molar-refractivity contribution in [2.24, 2.45) is 5.92 Å². The molecule has 1 atom stereocenters. The zero-order chi connectivity index (χ0) is 24.1. The van der Waals surface area contributed by atoms with Gasteiger partial charge in [-0.3, -0.25) is 6.08 Å². The van der Waals surface area contributed by atoms with Crippen molar-refractivity contribution < 1.29 is 23.3 Å². The Morgan fingerprint density at radius 1 is 0.829 bits per heavy atom. The van der Waals surface area contributed by atoms with Crippen LogP contribution in [0.2, 0.25) is 13.1 Å². The van der Waals surface area contributed by atoms with Gasteiger partial charge in [0.25, 0.3) is 0 Å². The molecule has 0 amide bonds. The molecule has 0 spiro atoms. The Bertz CT molecular complexity index is 1360. The van der Waals surface area contributed by atoms with Gasteiger partial charge in [-0.05, 0) is 10.8 Å². The molecule has 5 rings (SSSR count). The van der Waals surface area contributed by atoms with Crippen LogP contribution < -0.4 is 0 Å². The van der Waals surface area contributed by atoms with Crippen LogP contribution in [-0.4, -0.2) is 5.43 Å². The van der Waals surface area contributed by atoms with Crippen LogP contribution in [0, 0.1) is 18.9 Å². The molecule has 0 bridgehead atoms. The molecule has 0 saturated heterocycles. The molecule has 4 heteroatoms. The van der Waals surface area contributed by atoms with Crippen LogP contribution in [0.1, 0.15) is 33.3 Å². The second-order valence-corrected chi connectivity index (χ2v) is 18.5. The van der Waals surface area contributed by atoms with Gasteiger partial charge < -0.3 is 0 Å². The summed E-state index contributed by atoms with van der Waals surface area (Å²) in [6, 6.07) is 26.2. The molecular formula is C31H36Cl2SiZr. The third-order valence-electron chi connectivity index (χ3n) is 6.27. The van der Waals surface area contributed by atoms with Gasteiger partial charge in [-0.2, -0.15) is 11.1 Å². The first-order valence-electron chi connectivity index (χ1n) is 11.6. The van der Waals surface area contributed by atoms with Crippen LogP contribution in [0.4, 0.5) is 0 Å². The molecule has 0 nitrogen and oxygen atoms in total. The summed E-state index contributed by atoms with van der Waals surface area (Å²) in [5.74, 6) is 0.560. The maximum absolute atomic E-state index is 3.36. The van der Waals surface area contributed by atoms with E-state index in [0.717, 1.165) is 0 Å². The van der Waals surface area contributed by atoms with Crippen LogP contribution in [-0.2, 0) is 23.3 Å². The predicted octanol–water partition coefficient (Wildman–Crippen LogP) is 10.0. The van der Waals surface area contributed by atoms with Gasteiger partial charge in [0.1, 0.15) is 0 Å². The fourth-order valence-electron chi connectivity index (χ4n) is 4.26. The molecule has 1 aliphatic carbocycles. The van der Waals surface area contributed by atoms with Crippen molar-refractivity contribution in [3.05, 3.63) is 101 Å². The normalized spacial score (nSPS) is 14.2. The van der Waals surface area contributed by atoms with E-state index in [9.17, 15) is 0 Å². The van der Waals surface area contributed by atoms with Crippen molar-refractivity contribution in [1.29, 1.82) is 0 Å². The van der Waals surface area contributed by atoms with Gasteiger partial charge in [-0.15, -0.1) is 77.9 Å². The molecule has 0 aromatic heterocycles. The minimum Gasteiger partial charge on any atom is -0.149 e. The molecule has 1 unspecified atom stereocenters. The van der Waals surface area contributed by atoms with Gasteiger partial charge in [-0.25, -0.2) is 5.57 Å². The number of aryl methyl sites for hydroxylation is 1. The summed E-state index contributed by atoms with van der Waals surface area (Å²) in [4.78, 5) is 0. The largest absolute Gasteiger partial charge is 0.149 e. The van der Waals surface area contributed by atoms with Crippen molar-refractivity contribution in [2.75, 3.05) is 0 Å². The van der Waals surface area contributed by atoms with Crippen LogP contribution in [0.25, 0.3) is 32.7 Å². The van der Waals surface area contributed by atoms with E-state index in [0.29, 0.717) is 5.92 Å². The summed E-state index contributed by atoms with van der Waals surface area (Å²) in [5.41, 5.74) is 8.48. The summed E-state index contributed by atoms with van der Waals surface area (Å²) in [6.45, 7) is 15.5. The third kappa shape index (κ3) is 8.09. The third-order valence-corrected chi connectivity index (χ3v) is 6.27. The Morgan fingerprint density at radius 3 is 1.94 bits per heavy atom. The SMILES string of the molecule is CC1=[C-]C(C)C(C)=C1C.C[Si](C)=[Zr+2].Cc1[cH-]c2ccccc2c1-c1ccc2ccccc2c1.Cl.Cl. The second-order valence-electron chi connectivity index (χ2n) is 9.15. The molecular weight excluding hydrogens is 563 g/mol.